The Labute approximate surface area is 172 Å². The number of para-hydroxylation sites is 1. The smallest absolute Gasteiger partial charge is 0.255 e. The number of nitrogens with one attached hydrogen (secondary N) is 1. The van der Waals surface area contributed by atoms with Crippen LogP contribution in [0.5, 0.6) is 5.75 Å². The monoisotopic (exact) mass is 414 g/mol. The van der Waals surface area contributed by atoms with Crippen LogP contribution in [0.15, 0.2) is 66.7 Å². The third-order valence-corrected chi connectivity index (χ3v) is 4.67. The minimum atomic E-state index is -0.616. The molecule has 0 aliphatic heterocycles. The molecule has 0 radical (unpaired) electrons. The molecule has 0 unspecified atom stereocenters. The second-order valence-corrected chi connectivity index (χ2v) is 6.74. The summed E-state index contributed by atoms with van der Waals surface area (Å²) in [7, 11) is 0. The molecule has 0 saturated carbocycles. The largest absolute Gasteiger partial charge is 0.489 e. The number of rotatable bonds is 6. The van der Waals surface area contributed by atoms with Crippen LogP contribution >= 0.6 is 23.2 Å². The van der Waals surface area contributed by atoms with Gasteiger partial charge in [0, 0.05) is 5.56 Å². The van der Waals surface area contributed by atoms with Crippen LogP contribution in [-0.4, -0.2) is 11.8 Å². The van der Waals surface area contributed by atoms with E-state index in [1.807, 2.05) is 6.07 Å². The van der Waals surface area contributed by atoms with Crippen LogP contribution in [0.2, 0.25) is 10.0 Å². The number of carbonyl (C=O) groups excluding carboxylic acids is 2. The molecule has 0 aliphatic rings. The predicted molar refractivity (Wildman–Crippen MR) is 110 cm³/mol. The number of nitrogens with two attached hydrogens (primary N) is 1. The van der Waals surface area contributed by atoms with Gasteiger partial charge in [-0.1, -0.05) is 47.5 Å². The van der Waals surface area contributed by atoms with E-state index < -0.39 is 5.91 Å². The van der Waals surface area contributed by atoms with Gasteiger partial charge in [-0.3, -0.25) is 9.59 Å². The summed E-state index contributed by atoms with van der Waals surface area (Å²) in [6.45, 7) is 0.270. The molecule has 2 amide bonds. The Balaban J connectivity index is 1.71. The highest BCUT2D eigenvalue weighted by molar-refractivity contribution is 6.42. The first-order valence-electron chi connectivity index (χ1n) is 8.31. The summed E-state index contributed by atoms with van der Waals surface area (Å²) >= 11 is 11.9. The lowest BCUT2D eigenvalue weighted by atomic mass is 10.1. The molecule has 0 saturated heterocycles. The van der Waals surface area contributed by atoms with Gasteiger partial charge in [-0.05, 0) is 48.0 Å². The van der Waals surface area contributed by atoms with Crippen molar-refractivity contribution in [3.8, 4) is 5.75 Å². The Kier molecular flexibility index (Phi) is 6.19. The Hall–Kier alpha value is -3.02. The van der Waals surface area contributed by atoms with Crippen molar-refractivity contribution in [2.45, 2.75) is 6.61 Å². The Bertz CT molecular complexity index is 1040. The lowest BCUT2D eigenvalue weighted by molar-refractivity contribution is 0.100. The summed E-state index contributed by atoms with van der Waals surface area (Å²) in [6, 6.07) is 18.5. The quantitative estimate of drug-likeness (QED) is 0.600. The summed E-state index contributed by atoms with van der Waals surface area (Å²) in [5.41, 5.74) is 7.16. The molecule has 0 spiro atoms. The maximum absolute atomic E-state index is 12.5. The second kappa shape index (κ2) is 8.78. The van der Waals surface area contributed by atoms with E-state index in [4.69, 9.17) is 33.7 Å². The number of halogens is 2. The minimum Gasteiger partial charge on any atom is -0.489 e. The van der Waals surface area contributed by atoms with Gasteiger partial charge < -0.3 is 15.8 Å². The number of amides is 2. The average Bonchev–Trinajstić information content (AvgIpc) is 2.69. The normalized spacial score (nSPS) is 10.4. The molecule has 3 rings (SSSR count). The molecule has 7 heteroatoms. The van der Waals surface area contributed by atoms with Crippen molar-refractivity contribution in [1.29, 1.82) is 0 Å². The molecule has 28 heavy (non-hydrogen) atoms. The Morgan fingerprint density at radius 1 is 0.929 bits per heavy atom. The summed E-state index contributed by atoms with van der Waals surface area (Å²) in [4.78, 5) is 24.0. The van der Waals surface area contributed by atoms with Crippen LogP contribution in [-0.2, 0) is 6.61 Å². The minimum absolute atomic E-state index is 0.239. The maximum Gasteiger partial charge on any atom is 0.255 e. The first-order chi connectivity index (χ1) is 13.4. The van der Waals surface area contributed by atoms with Gasteiger partial charge in [0.2, 0.25) is 0 Å². The first-order valence-corrected chi connectivity index (χ1v) is 9.06. The third kappa shape index (κ3) is 4.82. The summed E-state index contributed by atoms with van der Waals surface area (Å²) in [5.74, 6) is -0.481. The van der Waals surface area contributed by atoms with Crippen LogP contribution in [0.4, 0.5) is 5.69 Å². The lowest BCUT2D eigenvalue weighted by Crippen LogP contribution is -2.18. The third-order valence-electron chi connectivity index (χ3n) is 3.93. The summed E-state index contributed by atoms with van der Waals surface area (Å²) in [5, 5.41) is 3.62. The van der Waals surface area contributed by atoms with E-state index in [2.05, 4.69) is 5.32 Å². The summed E-state index contributed by atoms with van der Waals surface area (Å²) < 4.78 is 5.73. The van der Waals surface area contributed by atoms with Crippen molar-refractivity contribution in [3.63, 3.8) is 0 Å². The van der Waals surface area contributed by atoms with Crippen LogP contribution in [0.1, 0.15) is 26.3 Å². The van der Waals surface area contributed by atoms with Gasteiger partial charge >= 0.3 is 0 Å². The molecule has 0 aliphatic carbocycles. The van der Waals surface area contributed by atoms with Crippen molar-refractivity contribution >= 4 is 40.7 Å². The number of hydrogen-bond donors (Lipinski definition) is 2. The number of anilines is 1. The zero-order valence-electron chi connectivity index (χ0n) is 14.6. The molecular weight excluding hydrogens is 399 g/mol. The maximum atomic E-state index is 12.5. The zero-order valence-corrected chi connectivity index (χ0v) is 16.1. The second-order valence-electron chi connectivity index (χ2n) is 5.93. The van der Waals surface area contributed by atoms with Gasteiger partial charge in [-0.2, -0.15) is 0 Å². The number of ether oxygens (including phenoxy) is 1. The van der Waals surface area contributed by atoms with Crippen molar-refractivity contribution in [2.75, 3.05) is 5.32 Å². The van der Waals surface area contributed by atoms with Gasteiger partial charge in [-0.15, -0.1) is 0 Å². The number of carbonyl (C=O) groups is 2. The molecular formula is C21H16Cl2N2O3. The highest BCUT2D eigenvalue weighted by Crippen LogP contribution is 2.24. The van der Waals surface area contributed by atoms with E-state index in [-0.39, 0.29) is 18.1 Å². The molecule has 0 bridgehead atoms. The van der Waals surface area contributed by atoms with Gasteiger partial charge in [0.1, 0.15) is 12.4 Å². The van der Waals surface area contributed by atoms with Gasteiger partial charge in [0.15, 0.2) is 0 Å². The van der Waals surface area contributed by atoms with Gasteiger partial charge in [0.25, 0.3) is 11.8 Å². The number of primary amides is 1. The lowest BCUT2D eigenvalue weighted by Gasteiger charge is -2.11. The zero-order chi connectivity index (χ0) is 20.1. The molecule has 0 atom stereocenters. The topological polar surface area (TPSA) is 81.4 Å². The molecule has 3 N–H and O–H groups in total. The van der Waals surface area contributed by atoms with Crippen LogP contribution in [0, 0.1) is 0 Å². The van der Waals surface area contributed by atoms with Gasteiger partial charge in [0.05, 0.1) is 21.3 Å². The molecule has 142 valence electrons. The van der Waals surface area contributed by atoms with E-state index in [1.54, 1.807) is 60.7 Å². The fourth-order valence-electron chi connectivity index (χ4n) is 2.52. The Morgan fingerprint density at radius 3 is 2.46 bits per heavy atom. The standard InChI is InChI=1S/C21H16Cl2N2O3/c22-17-9-8-13(10-18(17)23)12-28-15-5-3-4-14(11-15)21(27)25-19-7-2-1-6-16(19)20(24)26/h1-11H,12H2,(H2,24,26)(H,25,27). The first kappa shape index (κ1) is 19.7. The van der Waals surface area contributed by atoms with Crippen LogP contribution in [0.25, 0.3) is 0 Å². The fraction of sp³-hybridized carbons (Fsp3) is 0.0476. The molecule has 0 aromatic heterocycles. The van der Waals surface area contributed by atoms with Crippen molar-refractivity contribution in [2.24, 2.45) is 5.73 Å². The highest BCUT2D eigenvalue weighted by atomic mass is 35.5. The molecule has 3 aromatic rings. The number of benzene rings is 3. The van der Waals surface area contributed by atoms with Gasteiger partial charge in [-0.25, -0.2) is 0 Å². The van der Waals surface area contributed by atoms with Crippen molar-refractivity contribution in [3.05, 3.63) is 93.5 Å². The fourth-order valence-corrected chi connectivity index (χ4v) is 2.85. The van der Waals surface area contributed by atoms with E-state index in [0.717, 1.165) is 5.56 Å². The summed E-state index contributed by atoms with van der Waals surface area (Å²) in [6.07, 6.45) is 0. The van der Waals surface area contributed by atoms with E-state index in [0.29, 0.717) is 27.0 Å². The van der Waals surface area contributed by atoms with Crippen LogP contribution in [0.3, 0.4) is 0 Å². The SMILES string of the molecule is NC(=O)c1ccccc1NC(=O)c1cccc(OCc2ccc(Cl)c(Cl)c2)c1. The Morgan fingerprint density at radius 2 is 1.71 bits per heavy atom. The predicted octanol–water partition coefficient (Wildman–Crippen LogP) is 4.92. The number of hydrogen-bond acceptors (Lipinski definition) is 3. The molecule has 3 aromatic carbocycles. The van der Waals surface area contributed by atoms with Crippen LogP contribution < -0.4 is 15.8 Å². The molecule has 5 nitrogen and oxygen atoms in total. The van der Waals surface area contributed by atoms with E-state index >= 15 is 0 Å². The average molecular weight is 415 g/mol. The molecule has 0 fully saturated rings. The highest BCUT2D eigenvalue weighted by Gasteiger charge is 2.12. The van der Waals surface area contributed by atoms with E-state index in [9.17, 15) is 9.59 Å². The van der Waals surface area contributed by atoms with E-state index in [1.165, 1.54) is 0 Å². The van der Waals surface area contributed by atoms with Crippen molar-refractivity contribution in [1.82, 2.24) is 0 Å². The van der Waals surface area contributed by atoms with Crippen molar-refractivity contribution < 1.29 is 14.3 Å². The molecule has 0 heterocycles.